The van der Waals surface area contributed by atoms with E-state index in [1.54, 1.807) is 48.5 Å². The van der Waals surface area contributed by atoms with E-state index in [4.69, 9.17) is 11.6 Å². The number of amides is 1. The first-order chi connectivity index (χ1) is 20.0. The molecule has 3 aromatic rings. The second-order valence-corrected chi connectivity index (χ2v) is 13.3. The molecule has 2 aromatic carbocycles. The average molecular weight is 613 g/mol. The van der Waals surface area contributed by atoms with Crippen LogP contribution in [0.2, 0.25) is 5.02 Å². The molecule has 10 heteroatoms. The number of halogens is 2. The van der Waals surface area contributed by atoms with Crippen molar-refractivity contribution in [1.29, 1.82) is 0 Å². The van der Waals surface area contributed by atoms with Gasteiger partial charge < -0.3 is 10.6 Å². The van der Waals surface area contributed by atoms with Crippen LogP contribution in [0.25, 0.3) is 0 Å². The molecule has 1 amide bonds. The highest BCUT2D eigenvalue weighted by molar-refractivity contribution is 7.89. The van der Waals surface area contributed by atoms with Crippen molar-refractivity contribution < 1.29 is 17.6 Å². The van der Waals surface area contributed by atoms with Gasteiger partial charge in [-0.05, 0) is 55.5 Å². The van der Waals surface area contributed by atoms with Crippen molar-refractivity contribution in [3.8, 4) is 0 Å². The number of carbonyl (C=O) groups excluding carboxylic acids is 1. The lowest BCUT2D eigenvalue weighted by Gasteiger charge is -2.40. The lowest BCUT2D eigenvalue weighted by Crippen LogP contribution is -2.58. The van der Waals surface area contributed by atoms with Gasteiger partial charge in [0, 0.05) is 41.7 Å². The molecule has 1 aromatic heterocycles. The summed E-state index contributed by atoms with van der Waals surface area (Å²) in [6.07, 6.45) is 4.71. The van der Waals surface area contributed by atoms with Crippen molar-refractivity contribution in [3.05, 3.63) is 102 Å². The Morgan fingerprint density at radius 1 is 1.17 bits per heavy atom. The Morgan fingerprint density at radius 3 is 2.50 bits per heavy atom. The minimum absolute atomic E-state index is 0.100. The molecule has 4 unspecified atom stereocenters. The maximum Gasteiger partial charge on any atom is 0.243 e. The number of hydrogen-bond donors (Lipinski definition) is 2. The van der Waals surface area contributed by atoms with E-state index in [9.17, 15) is 13.2 Å². The number of sulfonamides is 1. The van der Waals surface area contributed by atoms with Crippen LogP contribution >= 0.6 is 11.6 Å². The molecule has 2 heterocycles. The van der Waals surface area contributed by atoms with Gasteiger partial charge in [0.05, 0.1) is 28.9 Å². The Labute approximate surface area is 253 Å². The van der Waals surface area contributed by atoms with Crippen LogP contribution in [0, 0.1) is 17.7 Å². The van der Waals surface area contributed by atoms with Gasteiger partial charge in [-0.3, -0.25) is 9.78 Å². The predicted octanol–water partition coefficient (Wildman–Crippen LogP) is 6.04. The maximum atomic E-state index is 15.2. The summed E-state index contributed by atoms with van der Waals surface area (Å²) < 4.78 is 43.9. The number of aromatic nitrogens is 1. The van der Waals surface area contributed by atoms with E-state index in [0.717, 1.165) is 11.8 Å². The third-order valence-corrected chi connectivity index (χ3v) is 10.2. The summed E-state index contributed by atoms with van der Waals surface area (Å²) in [7, 11) is -3.77. The number of nitrogens with one attached hydrogen (secondary N) is 2. The Balaban J connectivity index is 1.56. The molecule has 0 aliphatic carbocycles. The average Bonchev–Trinajstić information content (AvgIpc) is 2.96. The van der Waals surface area contributed by atoms with Crippen molar-refractivity contribution in [3.63, 3.8) is 0 Å². The zero-order chi connectivity index (χ0) is 30.4. The largest absolute Gasteiger partial charge is 0.324 e. The fraction of sp³-hybridized carbons (Fsp3) is 0.375. The number of rotatable bonds is 11. The van der Waals surface area contributed by atoms with E-state index >= 15 is 4.39 Å². The Morgan fingerprint density at radius 2 is 1.86 bits per heavy atom. The van der Waals surface area contributed by atoms with Crippen molar-refractivity contribution in [2.75, 3.05) is 18.4 Å². The highest BCUT2D eigenvalue weighted by Gasteiger charge is 2.38. The van der Waals surface area contributed by atoms with Gasteiger partial charge in [-0.1, -0.05) is 61.9 Å². The summed E-state index contributed by atoms with van der Waals surface area (Å²) >= 11 is 6.09. The highest BCUT2D eigenvalue weighted by Crippen LogP contribution is 2.35. The molecule has 1 aliphatic heterocycles. The molecule has 42 heavy (non-hydrogen) atoms. The fourth-order valence-electron chi connectivity index (χ4n) is 5.83. The summed E-state index contributed by atoms with van der Waals surface area (Å²) in [6, 6.07) is 15.0. The van der Waals surface area contributed by atoms with Gasteiger partial charge in [-0.25, -0.2) is 12.8 Å². The van der Waals surface area contributed by atoms with Crippen molar-refractivity contribution in [1.82, 2.24) is 14.6 Å². The molecule has 0 radical (unpaired) electrons. The smallest absolute Gasteiger partial charge is 0.243 e. The molecule has 7 nitrogen and oxygen atoms in total. The molecule has 224 valence electrons. The molecule has 0 saturated carbocycles. The standard InChI is InChI=1S/C32H38ClFN4O3S/c1-5-27(31(21(2)3)23-11-13-24(33)14-12-23)32(39)37-30-20-36-19-29(34)28(30)16-15-25-18-35-17-22(4)38(25)42(40,41)26-9-7-6-8-10-26/h5-14,19-22,25,27,31,35H,1,15-18H2,2-4H3,(H,37,39). The topological polar surface area (TPSA) is 91.4 Å². The molecule has 1 fully saturated rings. The van der Waals surface area contributed by atoms with Crippen LogP contribution in [0.4, 0.5) is 10.1 Å². The normalized spacial score (nSPS) is 19.3. The number of hydrogen-bond acceptors (Lipinski definition) is 5. The van der Waals surface area contributed by atoms with E-state index in [1.165, 1.54) is 10.5 Å². The zero-order valence-electron chi connectivity index (χ0n) is 24.1. The summed E-state index contributed by atoms with van der Waals surface area (Å²) in [6.45, 7) is 10.8. The lowest BCUT2D eigenvalue weighted by atomic mass is 9.78. The number of nitrogens with zero attached hydrogens (tertiary/aromatic N) is 2. The molecule has 4 rings (SSSR count). The SMILES string of the molecule is C=CC(C(=O)Nc1cncc(F)c1CCC1CNCC(C)N1S(=O)(=O)c1ccccc1)C(c1ccc(Cl)cc1)C(C)C. The molecule has 0 spiro atoms. The molecule has 1 saturated heterocycles. The third kappa shape index (κ3) is 7.09. The fourth-order valence-corrected chi connectivity index (χ4v) is 7.83. The van der Waals surface area contributed by atoms with Gasteiger partial charge >= 0.3 is 0 Å². The molecule has 0 bridgehead atoms. The van der Waals surface area contributed by atoms with E-state index in [1.807, 2.05) is 32.9 Å². The molecule has 4 atom stereocenters. The Kier molecular flexibility index (Phi) is 10.5. The first kappa shape index (κ1) is 31.8. The third-order valence-electron chi connectivity index (χ3n) is 7.84. The summed E-state index contributed by atoms with van der Waals surface area (Å²) in [4.78, 5) is 17.8. The minimum Gasteiger partial charge on any atom is -0.324 e. The number of carbonyl (C=O) groups is 1. The maximum absolute atomic E-state index is 15.2. The van der Waals surface area contributed by atoms with Crippen LogP contribution in [0.1, 0.15) is 44.2 Å². The van der Waals surface area contributed by atoms with E-state index in [2.05, 4.69) is 22.2 Å². The quantitative estimate of drug-likeness (QED) is 0.258. The second-order valence-electron chi connectivity index (χ2n) is 11.1. The number of benzene rings is 2. The van der Waals surface area contributed by atoms with Crippen LogP contribution in [0.3, 0.4) is 0 Å². The number of pyridine rings is 1. The summed E-state index contributed by atoms with van der Waals surface area (Å²) in [5.41, 5.74) is 1.49. The van der Waals surface area contributed by atoms with E-state index in [-0.39, 0.29) is 46.4 Å². The second kappa shape index (κ2) is 13.9. The van der Waals surface area contributed by atoms with Gasteiger partial charge in [-0.15, -0.1) is 6.58 Å². The van der Waals surface area contributed by atoms with Crippen LogP contribution < -0.4 is 10.6 Å². The van der Waals surface area contributed by atoms with Crippen LogP contribution in [0.15, 0.2) is 84.5 Å². The van der Waals surface area contributed by atoms with Crippen LogP contribution in [-0.2, 0) is 21.2 Å². The van der Waals surface area contributed by atoms with Gasteiger partial charge in [-0.2, -0.15) is 4.31 Å². The number of piperazine rings is 1. The van der Waals surface area contributed by atoms with Crippen molar-refractivity contribution in [2.24, 2.45) is 11.8 Å². The van der Waals surface area contributed by atoms with Gasteiger partial charge in [0.15, 0.2) is 0 Å². The molecule has 1 aliphatic rings. The van der Waals surface area contributed by atoms with Crippen LogP contribution in [0.5, 0.6) is 0 Å². The first-order valence-electron chi connectivity index (χ1n) is 14.1. The van der Waals surface area contributed by atoms with E-state index in [0.29, 0.717) is 24.5 Å². The lowest BCUT2D eigenvalue weighted by molar-refractivity contribution is -0.119. The number of anilines is 1. The molecular formula is C32H38ClFN4O3S. The Hall–Kier alpha value is -3.11. The summed E-state index contributed by atoms with van der Waals surface area (Å²) in [5, 5.41) is 6.80. The van der Waals surface area contributed by atoms with Gasteiger partial charge in [0.2, 0.25) is 15.9 Å². The summed E-state index contributed by atoms with van der Waals surface area (Å²) in [5.74, 6) is -1.57. The van der Waals surface area contributed by atoms with Crippen molar-refractivity contribution in [2.45, 2.75) is 56.5 Å². The monoisotopic (exact) mass is 612 g/mol. The zero-order valence-corrected chi connectivity index (χ0v) is 25.7. The minimum atomic E-state index is -3.77. The van der Waals surface area contributed by atoms with Crippen molar-refractivity contribution >= 4 is 33.2 Å². The predicted molar refractivity (Wildman–Crippen MR) is 165 cm³/mol. The molecule has 2 N–H and O–H groups in total. The highest BCUT2D eigenvalue weighted by atomic mass is 35.5. The van der Waals surface area contributed by atoms with E-state index < -0.39 is 27.8 Å². The van der Waals surface area contributed by atoms with Crippen LogP contribution in [-0.4, -0.2) is 48.8 Å². The first-order valence-corrected chi connectivity index (χ1v) is 16.0. The molecular weight excluding hydrogens is 575 g/mol. The van der Waals surface area contributed by atoms with Gasteiger partial charge in [0.25, 0.3) is 0 Å². The van der Waals surface area contributed by atoms with Gasteiger partial charge in [0.1, 0.15) is 5.82 Å². The Bertz CT molecular complexity index is 1490.